The van der Waals surface area contributed by atoms with Crippen molar-refractivity contribution in [1.82, 2.24) is 34.9 Å². The Morgan fingerprint density at radius 1 is 1.13 bits per heavy atom. The molecular formula is C20H30N10O. The highest BCUT2D eigenvalue weighted by atomic mass is 16.2. The molecule has 0 saturated carbocycles. The first-order valence-corrected chi connectivity index (χ1v) is 10.6. The molecule has 0 unspecified atom stereocenters. The topological polar surface area (TPSA) is 98.0 Å². The lowest BCUT2D eigenvalue weighted by atomic mass is 10.3. The normalized spacial score (nSPS) is 18.6. The second-order valence-electron chi connectivity index (χ2n) is 7.69. The monoisotopic (exact) mass is 426 g/mol. The van der Waals surface area contributed by atoms with E-state index in [1.165, 1.54) is 0 Å². The summed E-state index contributed by atoms with van der Waals surface area (Å²) < 4.78 is 1.71. The van der Waals surface area contributed by atoms with Crippen LogP contribution in [-0.4, -0.2) is 107 Å². The summed E-state index contributed by atoms with van der Waals surface area (Å²) in [6, 6.07) is 1.84. The van der Waals surface area contributed by atoms with Gasteiger partial charge in [0.05, 0.1) is 11.9 Å². The van der Waals surface area contributed by atoms with Gasteiger partial charge in [-0.25, -0.2) is 9.97 Å². The third-order valence-electron chi connectivity index (χ3n) is 5.65. The van der Waals surface area contributed by atoms with Gasteiger partial charge in [0.2, 0.25) is 11.9 Å². The SMILES string of the molecule is CN=C(NCCN1CCN(c2ncccn2)CC1)N1CCN(c2cnn(C)c2)C(=O)C1. The Morgan fingerprint density at radius 3 is 2.55 bits per heavy atom. The van der Waals surface area contributed by atoms with Crippen molar-refractivity contribution < 1.29 is 4.79 Å². The molecule has 1 amide bonds. The number of piperazine rings is 2. The standard InChI is InChI=1S/C20H30N10O/c1-21-19(29-12-13-30(18(31)16-29)17-14-25-26(2)15-17)24-6-7-27-8-10-28(11-9-27)20-22-4-3-5-23-20/h3-5,14-15H,6-13,16H2,1-2H3,(H,21,24). The first kappa shape index (κ1) is 21.0. The number of carbonyl (C=O) groups excluding carboxylic acids is 1. The highest BCUT2D eigenvalue weighted by molar-refractivity contribution is 5.98. The third-order valence-corrected chi connectivity index (χ3v) is 5.65. The van der Waals surface area contributed by atoms with Gasteiger partial charge in [-0.15, -0.1) is 0 Å². The van der Waals surface area contributed by atoms with Crippen molar-refractivity contribution in [3.05, 3.63) is 30.9 Å². The Balaban J connectivity index is 1.20. The van der Waals surface area contributed by atoms with Crippen molar-refractivity contribution in [2.24, 2.45) is 12.0 Å². The van der Waals surface area contributed by atoms with Gasteiger partial charge in [0.15, 0.2) is 5.96 Å². The van der Waals surface area contributed by atoms with E-state index in [0.29, 0.717) is 13.1 Å². The van der Waals surface area contributed by atoms with Crippen LogP contribution in [0.5, 0.6) is 0 Å². The smallest absolute Gasteiger partial charge is 0.246 e. The minimum Gasteiger partial charge on any atom is -0.355 e. The zero-order valence-corrected chi connectivity index (χ0v) is 18.2. The lowest BCUT2D eigenvalue weighted by Gasteiger charge is -2.36. The van der Waals surface area contributed by atoms with E-state index in [1.54, 1.807) is 35.2 Å². The first-order chi connectivity index (χ1) is 15.1. The largest absolute Gasteiger partial charge is 0.355 e. The van der Waals surface area contributed by atoms with E-state index in [1.807, 2.05) is 24.2 Å². The summed E-state index contributed by atoms with van der Waals surface area (Å²) in [5.41, 5.74) is 0.843. The molecule has 1 N–H and O–H groups in total. The van der Waals surface area contributed by atoms with Crippen LogP contribution in [0.2, 0.25) is 0 Å². The summed E-state index contributed by atoms with van der Waals surface area (Å²) in [7, 11) is 3.62. The fourth-order valence-corrected chi connectivity index (χ4v) is 3.96. The van der Waals surface area contributed by atoms with Gasteiger partial charge in [-0.05, 0) is 6.07 Å². The molecule has 2 aromatic heterocycles. The fourth-order valence-electron chi connectivity index (χ4n) is 3.96. The molecule has 2 aliphatic heterocycles. The molecule has 0 bridgehead atoms. The summed E-state index contributed by atoms with van der Waals surface area (Å²) >= 11 is 0. The number of rotatable bonds is 5. The van der Waals surface area contributed by atoms with Crippen molar-refractivity contribution in [3.63, 3.8) is 0 Å². The highest BCUT2D eigenvalue weighted by Gasteiger charge is 2.27. The van der Waals surface area contributed by atoms with Crippen molar-refractivity contribution in [2.45, 2.75) is 0 Å². The third kappa shape index (κ3) is 5.10. The van der Waals surface area contributed by atoms with Gasteiger partial charge < -0.3 is 20.0 Å². The van der Waals surface area contributed by atoms with Gasteiger partial charge in [-0.3, -0.25) is 19.4 Å². The van der Waals surface area contributed by atoms with Crippen LogP contribution in [0.4, 0.5) is 11.6 Å². The number of amides is 1. The van der Waals surface area contributed by atoms with E-state index < -0.39 is 0 Å². The second kappa shape index (κ2) is 9.73. The zero-order chi connectivity index (χ0) is 21.6. The summed E-state index contributed by atoms with van der Waals surface area (Å²) in [6.45, 7) is 7.15. The van der Waals surface area contributed by atoms with Gasteiger partial charge in [0, 0.05) is 85.0 Å². The number of nitrogens with one attached hydrogen (secondary N) is 1. The summed E-state index contributed by atoms with van der Waals surface area (Å²) in [6.07, 6.45) is 7.16. The molecule has 2 saturated heterocycles. The van der Waals surface area contributed by atoms with E-state index in [2.05, 4.69) is 35.2 Å². The number of hydrogen-bond donors (Lipinski definition) is 1. The Hall–Kier alpha value is -3.21. The van der Waals surface area contributed by atoms with Crippen LogP contribution in [0.1, 0.15) is 0 Å². The molecule has 11 nitrogen and oxygen atoms in total. The summed E-state index contributed by atoms with van der Waals surface area (Å²) in [5, 5.41) is 7.58. The zero-order valence-electron chi connectivity index (χ0n) is 18.2. The molecule has 4 rings (SSSR count). The molecule has 0 aromatic carbocycles. The molecule has 0 atom stereocenters. The van der Waals surface area contributed by atoms with Crippen LogP contribution in [0.3, 0.4) is 0 Å². The molecule has 11 heteroatoms. The Morgan fingerprint density at radius 2 is 1.90 bits per heavy atom. The highest BCUT2D eigenvalue weighted by Crippen LogP contribution is 2.16. The van der Waals surface area contributed by atoms with E-state index in [4.69, 9.17) is 0 Å². The van der Waals surface area contributed by atoms with Crippen LogP contribution in [0.25, 0.3) is 0 Å². The lowest BCUT2D eigenvalue weighted by molar-refractivity contribution is -0.120. The second-order valence-corrected chi connectivity index (χ2v) is 7.69. The van der Waals surface area contributed by atoms with Gasteiger partial charge in [-0.1, -0.05) is 0 Å². The number of nitrogens with zero attached hydrogens (tertiary/aromatic N) is 9. The average Bonchev–Trinajstić information content (AvgIpc) is 3.23. The number of hydrogen-bond acceptors (Lipinski definition) is 7. The maximum absolute atomic E-state index is 12.6. The molecule has 166 valence electrons. The summed E-state index contributed by atoms with van der Waals surface area (Å²) in [5.74, 6) is 1.63. The Kier molecular flexibility index (Phi) is 6.60. The minimum atomic E-state index is 0.0569. The molecule has 0 radical (unpaired) electrons. The van der Waals surface area contributed by atoms with Gasteiger partial charge >= 0.3 is 0 Å². The first-order valence-electron chi connectivity index (χ1n) is 10.6. The molecule has 31 heavy (non-hydrogen) atoms. The van der Waals surface area contributed by atoms with Crippen LogP contribution >= 0.6 is 0 Å². The maximum atomic E-state index is 12.6. The van der Waals surface area contributed by atoms with Crippen LogP contribution in [0.15, 0.2) is 35.8 Å². The van der Waals surface area contributed by atoms with Gasteiger partial charge in [0.1, 0.15) is 6.54 Å². The van der Waals surface area contributed by atoms with Crippen molar-refractivity contribution >= 4 is 23.5 Å². The molecule has 4 heterocycles. The number of aliphatic imine (C=N–C) groups is 1. The molecule has 2 aromatic rings. The van der Waals surface area contributed by atoms with E-state index in [0.717, 1.165) is 63.4 Å². The maximum Gasteiger partial charge on any atom is 0.246 e. The molecular weight excluding hydrogens is 396 g/mol. The van der Waals surface area contributed by atoms with E-state index >= 15 is 0 Å². The van der Waals surface area contributed by atoms with Gasteiger partial charge in [0.25, 0.3) is 0 Å². The predicted octanol–water partition coefficient (Wildman–Crippen LogP) is -0.744. The fraction of sp³-hybridized carbons (Fsp3) is 0.550. The number of carbonyl (C=O) groups is 1. The van der Waals surface area contributed by atoms with Gasteiger partial charge in [-0.2, -0.15) is 5.10 Å². The average molecular weight is 427 g/mol. The lowest BCUT2D eigenvalue weighted by Crippen LogP contribution is -2.56. The Bertz CT molecular complexity index is 890. The molecule has 2 fully saturated rings. The molecule has 0 aliphatic carbocycles. The van der Waals surface area contributed by atoms with Crippen molar-refractivity contribution in [1.29, 1.82) is 0 Å². The molecule has 0 spiro atoms. The molecule has 2 aliphatic rings. The van der Waals surface area contributed by atoms with Crippen LogP contribution in [0, 0.1) is 0 Å². The number of guanidine groups is 1. The van der Waals surface area contributed by atoms with E-state index in [-0.39, 0.29) is 5.91 Å². The van der Waals surface area contributed by atoms with E-state index in [9.17, 15) is 4.79 Å². The quantitative estimate of drug-likeness (QED) is 0.493. The summed E-state index contributed by atoms with van der Waals surface area (Å²) in [4.78, 5) is 34.1. The minimum absolute atomic E-state index is 0.0569. The van der Waals surface area contributed by atoms with Crippen molar-refractivity contribution in [3.8, 4) is 0 Å². The Labute approximate surface area is 182 Å². The van der Waals surface area contributed by atoms with Crippen LogP contribution in [-0.2, 0) is 11.8 Å². The number of aryl methyl sites for hydroxylation is 1. The number of anilines is 2. The number of aromatic nitrogens is 4. The van der Waals surface area contributed by atoms with Crippen LogP contribution < -0.4 is 15.1 Å². The predicted molar refractivity (Wildman–Crippen MR) is 119 cm³/mol. The van der Waals surface area contributed by atoms with Crippen molar-refractivity contribution in [2.75, 3.05) is 75.8 Å².